The van der Waals surface area contributed by atoms with Crippen molar-refractivity contribution < 1.29 is 14.6 Å². The van der Waals surface area contributed by atoms with Crippen molar-refractivity contribution in [1.82, 2.24) is 15.3 Å². The van der Waals surface area contributed by atoms with Crippen LogP contribution >= 0.6 is 11.6 Å². The molecule has 2 aliphatic rings. The predicted molar refractivity (Wildman–Crippen MR) is 94.6 cm³/mol. The summed E-state index contributed by atoms with van der Waals surface area (Å²) >= 11 is 5.84. The molecule has 2 fully saturated rings. The molecule has 7 nitrogen and oxygen atoms in total. The topological polar surface area (TPSA) is 87.6 Å². The van der Waals surface area contributed by atoms with E-state index in [4.69, 9.17) is 16.3 Å². The molecule has 0 aliphatic carbocycles. The summed E-state index contributed by atoms with van der Waals surface area (Å²) in [6, 6.07) is 0. The number of piperidine rings is 1. The van der Waals surface area contributed by atoms with Gasteiger partial charge in [-0.2, -0.15) is 0 Å². The number of nitrogens with one attached hydrogen (secondary N) is 1. The molecule has 8 heteroatoms. The highest BCUT2D eigenvalue weighted by atomic mass is 35.5. The van der Waals surface area contributed by atoms with Gasteiger partial charge in [0, 0.05) is 26.1 Å². The van der Waals surface area contributed by atoms with Crippen LogP contribution in [0.4, 0.5) is 5.95 Å². The van der Waals surface area contributed by atoms with Gasteiger partial charge in [-0.05, 0) is 26.2 Å². The smallest absolute Gasteiger partial charge is 0.225 e. The second kappa shape index (κ2) is 7.05. The third-order valence-electron chi connectivity index (χ3n) is 5.36. The number of aliphatic hydroxyl groups excluding tert-OH is 1. The summed E-state index contributed by atoms with van der Waals surface area (Å²) in [5.41, 5.74) is -1.30. The van der Waals surface area contributed by atoms with Crippen LogP contribution in [0, 0.1) is 0 Å². The third kappa shape index (κ3) is 3.59. The van der Waals surface area contributed by atoms with Gasteiger partial charge in [-0.15, -0.1) is 0 Å². The molecule has 2 atom stereocenters. The van der Waals surface area contributed by atoms with E-state index in [0.29, 0.717) is 56.4 Å². The van der Waals surface area contributed by atoms with Crippen LogP contribution in [0.25, 0.3) is 0 Å². The van der Waals surface area contributed by atoms with Crippen molar-refractivity contribution in [2.45, 2.75) is 56.8 Å². The molecule has 1 spiro atoms. The molecule has 0 aromatic carbocycles. The molecule has 1 aromatic heterocycles. The molecule has 25 heavy (non-hydrogen) atoms. The monoisotopic (exact) mass is 368 g/mol. The van der Waals surface area contributed by atoms with E-state index in [2.05, 4.69) is 20.2 Å². The van der Waals surface area contributed by atoms with Gasteiger partial charge in [-0.25, -0.2) is 9.97 Å². The van der Waals surface area contributed by atoms with Gasteiger partial charge in [0.05, 0.1) is 28.6 Å². The van der Waals surface area contributed by atoms with Gasteiger partial charge in [-0.1, -0.05) is 18.5 Å². The van der Waals surface area contributed by atoms with Crippen molar-refractivity contribution in [2.75, 3.05) is 24.6 Å². The first-order valence-electron chi connectivity index (χ1n) is 8.74. The number of anilines is 1. The molecule has 0 radical (unpaired) electrons. The lowest BCUT2D eigenvalue weighted by molar-refractivity contribution is -0.198. The van der Waals surface area contributed by atoms with Crippen molar-refractivity contribution in [1.29, 1.82) is 0 Å². The van der Waals surface area contributed by atoms with E-state index < -0.39 is 17.2 Å². The molecule has 2 saturated heterocycles. The third-order valence-corrected chi connectivity index (χ3v) is 5.55. The molecule has 0 bridgehead atoms. The molecule has 1 amide bonds. The summed E-state index contributed by atoms with van der Waals surface area (Å²) in [6.45, 7) is 5.59. The lowest BCUT2D eigenvalue weighted by atomic mass is 9.73. The summed E-state index contributed by atoms with van der Waals surface area (Å²) in [5.74, 6) is 0.581. The van der Waals surface area contributed by atoms with Gasteiger partial charge in [-0.3, -0.25) is 4.79 Å². The fourth-order valence-corrected chi connectivity index (χ4v) is 3.87. The van der Waals surface area contributed by atoms with Crippen molar-refractivity contribution in [2.24, 2.45) is 0 Å². The predicted octanol–water partition coefficient (Wildman–Crippen LogP) is 1.54. The van der Waals surface area contributed by atoms with Crippen LogP contribution in [0.2, 0.25) is 5.02 Å². The molecule has 3 rings (SSSR count). The Balaban J connectivity index is 1.70. The van der Waals surface area contributed by atoms with E-state index in [1.807, 2.05) is 13.8 Å². The first-order valence-corrected chi connectivity index (χ1v) is 9.12. The van der Waals surface area contributed by atoms with Gasteiger partial charge in [0.15, 0.2) is 0 Å². The summed E-state index contributed by atoms with van der Waals surface area (Å²) in [6.07, 6.45) is 4.71. The van der Waals surface area contributed by atoms with Crippen LogP contribution in [-0.4, -0.2) is 57.9 Å². The Kier molecular flexibility index (Phi) is 5.18. The first kappa shape index (κ1) is 18.4. The molecular formula is C17H25ClN4O3. The van der Waals surface area contributed by atoms with Crippen LogP contribution in [0.1, 0.15) is 39.5 Å². The highest BCUT2D eigenvalue weighted by Gasteiger charge is 2.53. The molecule has 0 saturated carbocycles. The zero-order valence-electron chi connectivity index (χ0n) is 14.7. The average Bonchev–Trinajstić information content (AvgIpc) is 2.61. The van der Waals surface area contributed by atoms with Gasteiger partial charge in [0.2, 0.25) is 11.9 Å². The zero-order chi connectivity index (χ0) is 18.1. The van der Waals surface area contributed by atoms with Crippen LogP contribution < -0.4 is 10.2 Å². The number of hydrogen-bond acceptors (Lipinski definition) is 6. The van der Waals surface area contributed by atoms with Crippen molar-refractivity contribution in [3.8, 4) is 0 Å². The minimum Gasteiger partial charge on any atom is -0.388 e. The number of aromatic nitrogens is 2. The Morgan fingerprint density at radius 2 is 2.04 bits per heavy atom. The van der Waals surface area contributed by atoms with Gasteiger partial charge >= 0.3 is 0 Å². The minimum atomic E-state index is -0.752. The standard InChI is InChI=1S/C17H25ClN4O3/c1-3-13(23)21-16(2)6-9-25-17(14(16)24)4-7-22(8-5-17)15-19-10-12(18)11-20-15/h10-11,14,24H,3-9H2,1-2H3,(H,21,23)/t14-,16+/m0/s1. The molecule has 2 N–H and O–H groups in total. The Labute approximate surface area is 152 Å². The van der Waals surface area contributed by atoms with Crippen molar-refractivity contribution in [3.05, 3.63) is 17.4 Å². The van der Waals surface area contributed by atoms with Crippen molar-refractivity contribution >= 4 is 23.5 Å². The Hall–Kier alpha value is -1.44. The maximum atomic E-state index is 11.9. The fourth-order valence-electron chi connectivity index (χ4n) is 3.77. The first-order chi connectivity index (χ1) is 11.9. The van der Waals surface area contributed by atoms with Crippen LogP contribution in [-0.2, 0) is 9.53 Å². The largest absolute Gasteiger partial charge is 0.388 e. The number of hydrogen-bond donors (Lipinski definition) is 2. The number of carbonyl (C=O) groups excluding carboxylic acids is 1. The number of rotatable bonds is 3. The summed E-state index contributed by atoms with van der Waals surface area (Å²) in [4.78, 5) is 22.4. The quantitative estimate of drug-likeness (QED) is 0.841. The van der Waals surface area contributed by atoms with Gasteiger partial charge in [0.1, 0.15) is 6.10 Å². The number of aliphatic hydroxyl groups is 1. The number of nitrogens with zero attached hydrogens (tertiary/aromatic N) is 3. The number of halogens is 1. The van der Waals surface area contributed by atoms with Crippen molar-refractivity contribution in [3.63, 3.8) is 0 Å². The molecule has 0 unspecified atom stereocenters. The fraction of sp³-hybridized carbons (Fsp3) is 0.706. The Morgan fingerprint density at radius 3 is 2.64 bits per heavy atom. The van der Waals surface area contributed by atoms with E-state index in [9.17, 15) is 9.90 Å². The van der Waals surface area contributed by atoms with Crippen LogP contribution in [0.15, 0.2) is 12.4 Å². The zero-order valence-corrected chi connectivity index (χ0v) is 15.4. The van der Waals surface area contributed by atoms with E-state index in [-0.39, 0.29) is 5.91 Å². The molecule has 2 aliphatic heterocycles. The van der Waals surface area contributed by atoms with Crippen LogP contribution in [0.5, 0.6) is 0 Å². The number of carbonyl (C=O) groups is 1. The summed E-state index contributed by atoms with van der Waals surface area (Å²) < 4.78 is 6.04. The molecule has 3 heterocycles. The minimum absolute atomic E-state index is 0.0504. The summed E-state index contributed by atoms with van der Waals surface area (Å²) in [5, 5.41) is 14.5. The van der Waals surface area contributed by atoms with Crippen LogP contribution in [0.3, 0.4) is 0 Å². The van der Waals surface area contributed by atoms with E-state index in [0.717, 1.165) is 0 Å². The average molecular weight is 369 g/mol. The molecule has 1 aromatic rings. The Bertz CT molecular complexity index is 619. The maximum absolute atomic E-state index is 11.9. The highest BCUT2D eigenvalue weighted by Crippen LogP contribution is 2.40. The van der Waals surface area contributed by atoms with Gasteiger partial charge < -0.3 is 20.1 Å². The van der Waals surface area contributed by atoms with E-state index in [1.54, 1.807) is 12.4 Å². The SMILES string of the molecule is CCC(=O)N[C@]1(C)CCOC2(CCN(c3ncc(Cl)cn3)CC2)[C@H]1O. The van der Waals surface area contributed by atoms with E-state index >= 15 is 0 Å². The van der Waals surface area contributed by atoms with Gasteiger partial charge in [0.25, 0.3) is 0 Å². The van der Waals surface area contributed by atoms with E-state index in [1.165, 1.54) is 0 Å². The summed E-state index contributed by atoms with van der Waals surface area (Å²) in [7, 11) is 0. The lowest BCUT2D eigenvalue weighted by Gasteiger charge is -2.53. The Morgan fingerprint density at radius 1 is 1.40 bits per heavy atom. The molecule has 138 valence electrons. The maximum Gasteiger partial charge on any atom is 0.225 e. The second-order valence-electron chi connectivity index (χ2n) is 7.07. The number of amides is 1. The number of ether oxygens (including phenoxy) is 1. The lowest BCUT2D eigenvalue weighted by Crippen LogP contribution is -2.69. The normalized spacial score (nSPS) is 28.8. The molecular weight excluding hydrogens is 344 g/mol. The highest BCUT2D eigenvalue weighted by molar-refractivity contribution is 6.30. The second-order valence-corrected chi connectivity index (χ2v) is 7.51.